The van der Waals surface area contributed by atoms with E-state index < -0.39 is 0 Å². The second kappa shape index (κ2) is 9.03. The maximum atomic E-state index is 6.59. The molecular weight excluding hydrogens is 436 g/mol. The summed E-state index contributed by atoms with van der Waals surface area (Å²) in [7, 11) is 0. The van der Waals surface area contributed by atoms with Crippen molar-refractivity contribution >= 4 is 34.0 Å². The molecule has 3 aromatic heterocycles. The van der Waals surface area contributed by atoms with Crippen LogP contribution in [0.4, 0.5) is 5.69 Å². The first-order chi connectivity index (χ1) is 16.1. The third-order valence-electron chi connectivity index (χ3n) is 5.37. The molecule has 0 aliphatic heterocycles. The quantitative estimate of drug-likeness (QED) is 0.337. The number of fused-ring (bicyclic) bond motifs is 3. The second-order valence-electron chi connectivity index (χ2n) is 7.79. The summed E-state index contributed by atoms with van der Waals surface area (Å²) in [5.41, 5.74) is 6.11. The van der Waals surface area contributed by atoms with Gasteiger partial charge in [0.05, 0.1) is 34.0 Å². The van der Waals surface area contributed by atoms with Crippen LogP contribution in [0, 0.1) is 6.92 Å². The smallest absolute Gasteiger partial charge is 0.183 e. The third kappa shape index (κ3) is 4.19. The van der Waals surface area contributed by atoms with Gasteiger partial charge in [-0.25, -0.2) is 4.98 Å². The van der Waals surface area contributed by atoms with E-state index in [0.717, 1.165) is 45.7 Å². The Morgan fingerprint density at radius 1 is 1.09 bits per heavy atom. The number of benzene rings is 2. The van der Waals surface area contributed by atoms with Gasteiger partial charge in [-0.05, 0) is 61.4 Å². The molecule has 0 bridgehead atoms. The second-order valence-corrected chi connectivity index (χ2v) is 8.20. The van der Waals surface area contributed by atoms with Gasteiger partial charge in [-0.3, -0.25) is 9.38 Å². The highest BCUT2D eigenvalue weighted by Crippen LogP contribution is 2.33. The summed E-state index contributed by atoms with van der Waals surface area (Å²) in [6.07, 6.45) is 4.49. The molecule has 0 spiro atoms. The molecule has 3 heterocycles. The van der Waals surface area contributed by atoms with Gasteiger partial charge in [0.15, 0.2) is 11.5 Å². The van der Waals surface area contributed by atoms with Gasteiger partial charge in [0.25, 0.3) is 0 Å². The fourth-order valence-corrected chi connectivity index (χ4v) is 3.96. The van der Waals surface area contributed by atoms with Crippen LogP contribution in [0.25, 0.3) is 28.1 Å². The molecule has 0 saturated carbocycles. The van der Waals surface area contributed by atoms with Crippen molar-refractivity contribution in [1.29, 1.82) is 0 Å². The Hall–Kier alpha value is -3.71. The minimum absolute atomic E-state index is 0.588. The Bertz CT molecular complexity index is 1430. The summed E-state index contributed by atoms with van der Waals surface area (Å²) in [6, 6.07) is 15.7. The van der Waals surface area contributed by atoms with E-state index in [2.05, 4.69) is 39.6 Å². The Labute approximate surface area is 196 Å². The summed E-state index contributed by atoms with van der Waals surface area (Å²) in [6.45, 7) is 5.30. The van der Waals surface area contributed by atoms with E-state index in [1.807, 2.05) is 47.7 Å². The fourth-order valence-electron chi connectivity index (χ4n) is 3.76. The van der Waals surface area contributed by atoms with Gasteiger partial charge in [0.1, 0.15) is 5.75 Å². The number of nitrogens with one attached hydrogen (secondary N) is 1. The highest BCUT2D eigenvalue weighted by atomic mass is 35.5. The first kappa shape index (κ1) is 21.2. The highest BCUT2D eigenvalue weighted by molar-refractivity contribution is 6.33. The van der Waals surface area contributed by atoms with Crippen molar-refractivity contribution in [3.8, 4) is 17.1 Å². The van der Waals surface area contributed by atoms with Crippen molar-refractivity contribution in [3.05, 3.63) is 77.2 Å². The zero-order chi connectivity index (χ0) is 22.8. The normalized spacial score (nSPS) is 11.2. The van der Waals surface area contributed by atoms with E-state index in [1.165, 1.54) is 0 Å². The molecule has 0 unspecified atom stereocenters. The summed E-state index contributed by atoms with van der Waals surface area (Å²) in [5.74, 6) is 1.41. The number of halogens is 1. The fraction of sp³-hybridized carbons (Fsp3) is 0.200. The number of aromatic nitrogens is 5. The molecule has 0 aliphatic carbocycles. The lowest BCUT2D eigenvalue weighted by Gasteiger charge is -2.11. The topological polar surface area (TPSA) is 77.2 Å². The largest absolute Gasteiger partial charge is 0.494 e. The molecule has 1 N–H and O–H groups in total. The Balaban J connectivity index is 1.62. The number of anilines is 1. The van der Waals surface area contributed by atoms with Crippen LogP contribution in [0.3, 0.4) is 0 Å². The van der Waals surface area contributed by atoms with Gasteiger partial charge in [0.2, 0.25) is 0 Å². The summed E-state index contributed by atoms with van der Waals surface area (Å²) < 4.78 is 7.85. The van der Waals surface area contributed by atoms with E-state index in [1.54, 1.807) is 12.4 Å². The molecule has 5 aromatic rings. The maximum absolute atomic E-state index is 6.59. The lowest BCUT2D eigenvalue weighted by atomic mass is 10.1. The van der Waals surface area contributed by atoms with E-state index >= 15 is 0 Å². The molecule has 0 radical (unpaired) electrons. The highest BCUT2D eigenvalue weighted by Gasteiger charge is 2.17. The van der Waals surface area contributed by atoms with Crippen molar-refractivity contribution in [2.75, 3.05) is 11.9 Å². The molecule has 166 valence electrons. The third-order valence-corrected chi connectivity index (χ3v) is 5.69. The number of nitrogens with zero attached hydrogens (tertiary/aromatic N) is 5. The zero-order valence-electron chi connectivity index (χ0n) is 18.4. The first-order valence-electron chi connectivity index (χ1n) is 10.8. The molecule has 5 rings (SSSR count). The van der Waals surface area contributed by atoms with Crippen LogP contribution in [0.2, 0.25) is 5.02 Å². The van der Waals surface area contributed by atoms with E-state index in [4.69, 9.17) is 21.3 Å². The van der Waals surface area contributed by atoms with E-state index in [-0.39, 0.29) is 0 Å². The SMILES string of the molecule is CCCOc1ccc(Cl)c(-c2nnc3c(C)nc4ccc(CNc5cccnc5)cc4n23)c1. The zero-order valence-corrected chi connectivity index (χ0v) is 19.2. The average Bonchev–Trinajstić information content (AvgIpc) is 3.29. The van der Waals surface area contributed by atoms with Crippen molar-refractivity contribution < 1.29 is 4.74 Å². The van der Waals surface area contributed by atoms with Crippen LogP contribution < -0.4 is 10.1 Å². The number of hydrogen-bond donors (Lipinski definition) is 1. The average molecular weight is 459 g/mol. The summed E-state index contributed by atoms with van der Waals surface area (Å²) in [5, 5.41) is 12.9. The summed E-state index contributed by atoms with van der Waals surface area (Å²) in [4.78, 5) is 8.89. The molecule has 0 atom stereocenters. The monoisotopic (exact) mass is 458 g/mol. The van der Waals surface area contributed by atoms with Gasteiger partial charge >= 0.3 is 0 Å². The predicted octanol–water partition coefficient (Wildman–Crippen LogP) is 5.70. The molecule has 0 aliphatic rings. The molecule has 0 amide bonds. The van der Waals surface area contributed by atoms with Crippen molar-refractivity contribution in [1.82, 2.24) is 24.6 Å². The maximum Gasteiger partial charge on any atom is 0.183 e. The van der Waals surface area contributed by atoms with Gasteiger partial charge in [-0.2, -0.15) is 0 Å². The van der Waals surface area contributed by atoms with Crippen LogP contribution in [0.1, 0.15) is 24.6 Å². The van der Waals surface area contributed by atoms with E-state index in [0.29, 0.717) is 29.6 Å². The molecule has 33 heavy (non-hydrogen) atoms. The van der Waals surface area contributed by atoms with Crippen LogP contribution in [-0.4, -0.2) is 31.2 Å². The lowest BCUT2D eigenvalue weighted by Crippen LogP contribution is -2.02. The van der Waals surface area contributed by atoms with Gasteiger partial charge < -0.3 is 10.1 Å². The lowest BCUT2D eigenvalue weighted by molar-refractivity contribution is 0.317. The van der Waals surface area contributed by atoms with Crippen LogP contribution in [0.5, 0.6) is 5.75 Å². The Morgan fingerprint density at radius 3 is 2.82 bits per heavy atom. The minimum Gasteiger partial charge on any atom is -0.494 e. The molecule has 7 nitrogen and oxygen atoms in total. The standard InChI is InChI=1S/C25H23ClN6O/c1-3-11-33-19-7-8-21(26)20(13-19)25-31-30-24-16(2)29-22-9-6-17(12-23(22)32(24)25)14-28-18-5-4-10-27-15-18/h4-10,12-13,15,28H,3,11,14H2,1-2H3. The van der Waals surface area contributed by atoms with Crippen LogP contribution >= 0.6 is 11.6 Å². The van der Waals surface area contributed by atoms with Gasteiger partial charge in [0, 0.05) is 24.5 Å². The number of ether oxygens (including phenoxy) is 1. The van der Waals surface area contributed by atoms with Crippen LogP contribution in [-0.2, 0) is 6.54 Å². The van der Waals surface area contributed by atoms with Crippen LogP contribution in [0.15, 0.2) is 60.9 Å². The molecule has 2 aromatic carbocycles. The Kier molecular flexibility index (Phi) is 5.79. The minimum atomic E-state index is 0.588. The number of aryl methyl sites for hydroxylation is 1. The number of rotatable bonds is 7. The first-order valence-corrected chi connectivity index (χ1v) is 11.2. The van der Waals surface area contributed by atoms with Gasteiger partial charge in [-0.15, -0.1) is 10.2 Å². The molecular formula is C25H23ClN6O. The predicted molar refractivity (Wildman–Crippen MR) is 131 cm³/mol. The van der Waals surface area contributed by atoms with E-state index in [9.17, 15) is 0 Å². The molecule has 0 fully saturated rings. The van der Waals surface area contributed by atoms with Crippen molar-refractivity contribution in [2.24, 2.45) is 0 Å². The van der Waals surface area contributed by atoms with Crippen molar-refractivity contribution in [2.45, 2.75) is 26.8 Å². The number of hydrogen-bond acceptors (Lipinski definition) is 6. The Morgan fingerprint density at radius 2 is 2.00 bits per heavy atom. The van der Waals surface area contributed by atoms with Gasteiger partial charge in [-0.1, -0.05) is 24.6 Å². The molecule has 0 saturated heterocycles. The van der Waals surface area contributed by atoms with Crippen molar-refractivity contribution in [3.63, 3.8) is 0 Å². The summed E-state index contributed by atoms with van der Waals surface area (Å²) >= 11 is 6.59. The molecule has 8 heteroatoms. The number of pyridine rings is 1.